The SMILES string of the molecule is CC1=C(C)OCC1.CCC. The van der Waals surface area contributed by atoms with Crippen LogP contribution in [-0.4, -0.2) is 6.61 Å². The van der Waals surface area contributed by atoms with Gasteiger partial charge in [-0.15, -0.1) is 0 Å². The fourth-order valence-corrected chi connectivity index (χ4v) is 0.656. The van der Waals surface area contributed by atoms with Crippen LogP contribution in [0, 0.1) is 0 Å². The Bertz CT molecular complexity index is 102. The summed E-state index contributed by atoms with van der Waals surface area (Å²) in [6, 6.07) is 0. The normalized spacial score (nSPS) is 16.0. The molecule has 1 heteroatoms. The van der Waals surface area contributed by atoms with Gasteiger partial charge in [0.1, 0.15) is 0 Å². The van der Waals surface area contributed by atoms with Gasteiger partial charge in [-0.2, -0.15) is 0 Å². The van der Waals surface area contributed by atoms with Crippen molar-refractivity contribution in [2.24, 2.45) is 0 Å². The molecule has 0 spiro atoms. The van der Waals surface area contributed by atoms with E-state index in [9.17, 15) is 0 Å². The molecule has 1 heterocycles. The van der Waals surface area contributed by atoms with Crippen LogP contribution in [0.2, 0.25) is 0 Å². The van der Waals surface area contributed by atoms with Crippen LogP contribution < -0.4 is 0 Å². The first kappa shape index (κ1) is 9.54. The van der Waals surface area contributed by atoms with Crippen LogP contribution >= 0.6 is 0 Å². The monoisotopic (exact) mass is 142 g/mol. The lowest BCUT2D eigenvalue weighted by Gasteiger charge is -1.91. The summed E-state index contributed by atoms with van der Waals surface area (Å²) in [6.45, 7) is 9.28. The van der Waals surface area contributed by atoms with E-state index in [1.54, 1.807) is 0 Å². The van der Waals surface area contributed by atoms with Crippen LogP contribution in [0.15, 0.2) is 11.3 Å². The molecule has 0 atom stereocenters. The topological polar surface area (TPSA) is 9.23 Å². The smallest absolute Gasteiger partial charge is 0.0919 e. The molecule has 0 fully saturated rings. The van der Waals surface area contributed by atoms with E-state index >= 15 is 0 Å². The number of ether oxygens (including phenoxy) is 1. The molecular weight excluding hydrogens is 124 g/mol. The van der Waals surface area contributed by atoms with Gasteiger partial charge in [0.15, 0.2) is 0 Å². The number of allylic oxidation sites excluding steroid dienone is 1. The quantitative estimate of drug-likeness (QED) is 0.505. The van der Waals surface area contributed by atoms with Gasteiger partial charge < -0.3 is 4.74 Å². The van der Waals surface area contributed by atoms with Gasteiger partial charge in [0.25, 0.3) is 0 Å². The van der Waals surface area contributed by atoms with Crippen molar-refractivity contribution in [3.63, 3.8) is 0 Å². The summed E-state index contributed by atoms with van der Waals surface area (Å²) in [5.41, 5.74) is 1.40. The van der Waals surface area contributed by atoms with Crippen molar-refractivity contribution in [3.05, 3.63) is 11.3 Å². The summed E-state index contributed by atoms with van der Waals surface area (Å²) in [6.07, 6.45) is 2.38. The molecule has 0 N–H and O–H groups in total. The highest BCUT2D eigenvalue weighted by molar-refractivity contribution is 5.06. The van der Waals surface area contributed by atoms with Crippen molar-refractivity contribution in [1.82, 2.24) is 0 Å². The highest BCUT2D eigenvalue weighted by atomic mass is 16.5. The van der Waals surface area contributed by atoms with E-state index in [4.69, 9.17) is 4.74 Å². The molecule has 0 unspecified atom stereocenters. The summed E-state index contributed by atoms with van der Waals surface area (Å²) in [5, 5.41) is 0. The molecule has 0 saturated heterocycles. The van der Waals surface area contributed by atoms with E-state index in [2.05, 4.69) is 20.8 Å². The average molecular weight is 142 g/mol. The van der Waals surface area contributed by atoms with Crippen LogP contribution in [-0.2, 0) is 4.74 Å². The van der Waals surface area contributed by atoms with E-state index in [0.717, 1.165) is 18.8 Å². The Hall–Kier alpha value is -0.460. The maximum absolute atomic E-state index is 5.14. The van der Waals surface area contributed by atoms with Gasteiger partial charge in [0, 0.05) is 6.42 Å². The molecule has 0 aromatic rings. The molecule has 1 aliphatic heterocycles. The zero-order chi connectivity index (χ0) is 7.98. The molecule has 10 heavy (non-hydrogen) atoms. The van der Waals surface area contributed by atoms with Gasteiger partial charge in [0.2, 0.25) is 0 Å². The van der Waals surface area contributed by atoms with Gasteiger partial charge in [-0.25, -0.2) is 0 Å². The molecular formula is C9H18O. The van der Waals surface area contributed by atoms with E-state index in [0.29, 0.717) is 0 Å². The molecule has 1 nitrogen and oxygen atoms in total. The molecule has 1 aliphatic rings. The first-order valence-electron chi connectivity index (χ1n) is 4.01. The van der Waals surface area contributed by atoms with Gasteiger partial charge in [0.05, 0.1) is 12.4 Å². The van der Waals surface area contributed by atoms with Crippen molar-refractivity contribution in [2.75, 3.05) is 6.61 Å². The summed E-state index contributed by atoms with van der Waals surface area (Å²) < 4.78 is 5.14. The number of hydrogen-bond donors (Lipinski definition) is 0. The predicted octanol–water partition coefficient (Wildman–Crippen LogP) is 3.12. The third-order valence-electron chi connectivity index (χ3n) is 1.40. The Labute approximate surface area is 64.1 Å². The summed E-state index contributed by atoms with van der Waals surface area (Å²) in [7, 11) is 0. The largest absolute Gasteiger partial charge is 0.498 e. The van der Waals surface area contributed by atoms with Crippen LogP contribution in [0.5, 0.6) is 0 Å². The second-order valence-corrected chi connectivity index (χ2v) is 2.64. The minimum Gasteiger partial charge on any atom is -0.498 e. The molecule has 0 aromatic heterocycles. The molecule has 0 aromatic carbocycles. The Morgan fingerprint density at radius 2 is 1.80 bits per heavy atom. The minimum absolute atomic E-state index is 0.900. The highest BCUT2D eigenvalue weighted by Crippen LogP contribution is 2.16. The molecule has 60 valence electrons. The first-order valence-corrected chi connectivity index (χ1v) is 4.01. The molecule has 0 amide bonds. The van der Waals surface area contributed by atoms with E-state index in [1.165, 1.54) is 12.0 Å². The second kappa shape index (κ2) is 5.33. The maximum atomic E-state index is 5.14. The lowest BCUT2D eigenvalue weighted by atomic mass is 10.2. The maximum Gasteiger partial charge on any atom is 0.0919 e. The molecule has 0 saturated carbocycles. The van der Waals surface area contributed by atoms with E-state index < -0.39 is 0 Å². The third kappa shape index (κ3) is 3.54. The standard InChI is InChI=1S/C6H10O.C3H8/c1-5-3-4-7-6(5)2;1-3-2/h3-4H2,1-2H3;3H2,1-2H3. The van der Waals surface area contributed by atoms with Crippen molar-refractivity contribution in [3.8, 4) is 0 Å². The summed E-state index contributed by atoms with van der Waals surface area (Å²) in [5.74, 6) is 1.12. The number of hydrogen-bond acceptors (Lipinski definition) is 1. The molecule has 0 bridgehead atoms. The zero-order valence-corrected chi connectivity index (χ0v) is 7.53. The lowest BCUT2D eigenvalue weighted by Crippen LogP contribution is -1.76. The van der Waals surface area contributed by atoms with Gasteiger partial charge in [-0.05, 0) is 19.4 Å². The van der Waals surface area contributed by atoms with Crippen LogP contribution in [0.3, 0.4) is 0 Å². The van der Waals surface area contributed by atoms with Crippen molar-refractivity contribution >= 4 is 0 Å². The fourth-order valence-electron chi connectivity index (χ4n) is 0.656. The van der Waals surface area contributed by atoms with Crippen molar-refractivity contribution in [1.29, 1.82) is 0 Å². The van der Waals surface area contributed by atoms with E-state index in [1.807, 2.05) is 6.92 Å². The zero-order valence-electron chi connectivity index (χ0n) is 7.53. The van der Waals surface area contributed by atoms with Gasteiger partial charge in [-0.3, -0.25) is 0 Å². The Morgan fingerprint density at radius 1 is 1.30 bits per heavy atom. The highest BCUT2D eigenvalue weighted by Gasteiger charge is 2.04. The van der Waals surface area contributed by atoms with Crippen molar-refractivity contribution < 1.29 is 4.74 Å². The minimum atomic E-state index is 0.900. The fraction of sp³-hybridized carbons (Fsp3) is 0.778. The Balaban J connectivity index is 0.000000236. The van der Waals surface area contributed by atoms with Crippen LogP contribution in [0.25, 0.3) is 0 Å². The first-order chi connectivity index (χ1) is 4.72. The third-order valence-corrected chi connectivity index (χ3v) is 1.40. The van der Waals surface area contributed by atoms with E-state index in [-0.39, 0.29) is 0 Å². The molecule has 1 rings (SSSR count). The van der Waals surface area contributed by atoms with Crippen molar-refractivity contribution in [2.45, 2.75) is 40.5 Å². The Kier molecular flexibility index (Phi) is 5.09. The molecule has 0 aliphatic carbocycles. The summed E-state index contributed by atoms with van der Waals surface area (Å²) in [4.78, 5) is 0. The number of rotatable bonds is 0. The lowest BCUT2D eigenvalue weighted by molar-refractivity contribution is 0.246. The molecule has 0 radical (unpaired) electrons. The predicted molar refractivity (Wildman–Crippen MR) is 44.9 cm³/mol. The second-order valence-electron chi connectivity index (χ2n) is 2.64. The summed E-state index contributed by atoms with van der Waals surface area (Å²) >= 11 is 0. The Morgan fingerprint density at radius 3 is 1.90 bits per heavy atom. The average Bonchev–Trinajstić information content (AvgIpc) is 2.19. The van der Waals surface area contributed by atoms with Crippen LogP contribution in [0.1, 0.15) is 40.5 Å². The van der Waals surface area contributed by atoms with Gasteiger partial charge in [-0.1, -0.05) is 20.3 Å². The van der Waals surface area contributed by atoms with Gasteiger partial charge >= 0.3 is 0 Å². The van der Waals surface area contributed by atoms with Crippen LogP contribution in [0.4, 0.5) is 0 Å².